The number of piperidine rings is 1. The van der Waals surface area contributed by atoms with E-state index in [-0.39, 0.29) is 5.91 Å². The second kappa shape index (κ2) is 8.84. The highest BCUT2D eigenvalue weighted by molar-refractivity contribution is 5.86. The van der Waals surface area contributed by atoms with E-state index >= 15 is 0 Å². The van der Waals surface area contributed by atoms with Gasteiger partial charge in [0, 0.05) is 32.7 Å². The molecule has 2 aliphatic rings. The van der Waals surface area contributed by atoms with Crippen molar-refractivity contribution in [3.05, 3.63) is 29.8 Å². The molecule has 0 bridgehead atoms. The van der Waals surface area contributed by atoms with Gasteiger partial charge in [-0.25, -0.2) is 0 Å². The minimum atomic E-state index is -1.29. The third-order valence-electron chi connectivity index (χ3n) is 5.43. The molecule has 2 heterocycles. The molecule has 1 amide bonds. The Morgan fingerprint density at radius 2 is 2.04 bits per heavy atom. The fourth-order valence-electron chi connectivity index (χ4n) is 3.91. The van der Waals surface area contributed by atoms with Crippen molar-refractivity contribution in [2.45, 2.75) is 37.8 Å². The number of hydrogen-bond acceptors (Lipinski definition) is 5. The highest BCUT2D eigenvalue weighted by atomic mass is 16.5. The first-order chi connectivity index (χ1) is 12.6. The van der Waals surface area contributed by atoms with E-state index in [2.05, 4.69) is 10.2 Å². The maximum absolute atomic E-state index is 12.9. The Labute approximate surface area is 156 Å². The zero-order valence-corrected chi connectivity index (χ0v) is 15.7. The first kappa shape index (κ1) is 19.1. The van der Waals surface area contributed by atoms with Crippen LogP contribution in [0.3, 0.4) is 0 Å². The Morgan fingerprint density at radius 3 is 2.81 bits per heavy atom. The molecule has 2 fully saturated rings. The number of aliphatic hydroxyl groups is 1. The fourth-order valence-corrected chi connectivity index (χ4v) is 3.91. The Hall–Kier alpha value is -1.63. The maximum Gasteiger partial charge on any atom is 0.256 e. The Balaban J connectivity index is 1.51. The number of nitrogens with zero attached hydrogens (tertiary/aromatic N) is 2. The number of benzene rings is 1. The van der Waals surface area contributed by atoms with E-state index in [1.54, 1.807) is 12.0 Å². The topological polar surface area (TPSA) is 65.0 Å². The Morgan fingerprint density at radius 1 is 1.23 bits per heavy atom. The number of likely N-dealkylation sites (tertiary alicyclic amines) is 2. The molecule has 0 aromatic heterocycles. The predicted molar refractivity (Wildman–Crippen MR) is 101 cm³/mol. The lowest BCUT2D eigenvalue weighted by atomic mass is 9.91. The maximum atomic E-state index is 12.9. The number of carbonyl (C=O) groups is 1. The Bertz CT molecular complexity index is 604. The minimum Gasteiger partial charge on any atom is -0.497 e. The number of hydrogen-bond donors (Lipinski definition) is 2. The summed E-state index contributed by atoms with van der Waals surface area (Å²) >= 11 is 0. The van der Waals surface area contributed by atoms with Crippen molar-refractivity contribution in [3.8, 4) is 5.75 Å². The van der Waals surface area contributed by atoms with Crippen LogP contribution in [0.4, 0.5) is 0 Å². The molecule has 0 saturated carbocycles. The molecule has 0 unspecified atom stereocenters. The largest absolute Gasteiger partial charge is 0.497 e. The van der Waals surface area contributed by atoms with Crippen molar-refractivity contribution in [1.29, 1.82) is 0 Å². The van der Waals surface area contributed by atoms with Crippen LogP contribution < -0.4 is 10.1 Å². The van der Waals surface area contributed by atoms with Gasteiger partial charge in [-0.3, -0.25) is 4.79 Å². The SMILES string of the molecule is COc1cccc(CN2CCC[C@@](O)(CNCCN3CCCC3)C2=O)c1. The zero-order chi connectivity index (χ0) is 18.4. The van der Waals surface area contributed by atoms with Crippen LogP contribution in [-0.4, -0.2) is 72.8 Å². The first-order valence-electron chi connectivity index (χ1n) is 9.68. The van der Waals surface area contributed by atoms with E-state index in [1.165, 1.54) is 25.9 Å². The molecule has 0 spiro atoms. The number of methoxy groups -OCH3 is 1. The first-order valence-corrected chi connectivity index (χ1v) is 9.68. The summed E-state index contributed by atoms with van der Waals surface area (Å²) in [6, 6.07) is 7.74. The van der Waals surface area contributed by atoms with Gasteiger partial charge in [0.1, 0.15) is 5.75 Å². The van der Waals surface area contributed by atoms with Crippen molar-refractivity contribution in [3.63, 3.8) is 0 Å². The van der Waals surface area contributed by atoms with Crippen LogP contribution in [0.15, 0.2) is 24.3 Å². The molecule has 26 heavy (non-hydrogen) atoms. The average Bonchev–Trinajstić information content (AvgIpc) is 3.17. The number of ether oxygens (including phenoxy) is 1. The van der Waals surface area contributed by atoms with Crippen molar-refractivity contribution in [1.82, 2.24) is 15.1 Å². The number of nitrogens with one attached hydrogen (secondary N) is 1. The van der Waals surface area contributed by atoms with Crippen molar-refractivity contribution >= 4 is 5.91 Å². The third kappa shape index (κ3) is 4.75. The molecule has 0 radical (unpaired) electrons. The normalized spacial score (nSPS) is 24.2. The van der Waals surface area contributed by atoms with Gasteiger partial charge in [0.25, 0.3) is 5.91 Å². The molecule has 144 valence electrons. The average molecular weight is 361 g/mol. The van der Waals surface area contributed by atoms with Crippen LogP contribution in [0.25, 0.3) is 0 Å². The summed E-state index contributed by atoms with van der Waals surface area (Å²) in [6.07, 6.45) is 3.90. The van der Waals surface area contributed by atoms with Gasteiger partial charge in [0.05, 0.1) is 7.11 Å². The quantitative estimate of drug-likeness (QED) is 0.682. The van der Waals surface area contributed by atoms with E-state index in [0.717, 1.165) is 30.8 Å². The molecule has 1 aromatic rings. The molecule has 1 atom stereocenters. The van der Waals surface area contributed by atoms with Crippen LogP contribution in [0, 0.1) is 0 Å². The summed E-state index contributed by atoms with van der Waals surface area (Å²) in [6.45, 7) is 5.65. The number of rotatable bonds is 8. The van der Waals surface area contributed by atoms with Crippen molar-refractivity contribution < 1.29 is 14.6 Å². The highest BCUT2D eigenvalue weighted by Gasteiger charge is 2.41. The molecule has 2 aliphatic heterocycles. The van der Waals surface area contributed by atoms with Gasteiger partial charge in [0.15, 0.2) is 5.60 Å². The molecular formula is C20H31N3O3. The zero-order valence-electron chi connectivity index (χ0n) is 15.7. The fraction of sp³-hybridized carbons (Fsp3) is 0.650. The standard InChI is InChI=1S/C20H31N3O3/c1-26-18-7-4-6-17(14-18)15-23-12-5-8-20(25,19(23)24)16-21-9-13-22-10-2-3-11-22/h4,6-7,14,21,25H,2-3,5,8-13,15-16H2,1H3/t20-/m1/s1. The summed E-state index contributed by atoms with van der Waals surface area (Å²) in [5.41, 5.74) is -0.272. The van der Waals surface area contributed by atoms with Gasteiger partial charge in [-0.05, 0) is 56.5 Å². The van der Waals surface area contributed by atoms with Crippen molar-refractivity contribution in [2.75, 3.05) is 46.4 Å². The van der Waals surface area contributed by atoms with Gasteiger partial charge in [0.2, 0.25) is 0 Å². The van der Waals surface area contributed by atoms with Crippen molar-refractivity contribution in [2.24, 2.45) is 0 Å². The van der Waals surface area contributed by atoms with E-state index in [4.69, 9.17) is 4.74 Å². The Kier molecular flexibility index (Phi) is 6.51. The van der Waals surface area contributed by atoms with Crippen LogP contribution >= 0.6 is 0 Å². The van der Waals surface area contributed by atoms with Crippen LogP contribution in [0.2, 0.25) is 0 Å². The molecule has 2 N–H and O–H groups in total. The van der Waals surface area contributed by atoms with Crippen LogP contribution in [0.1, 0.15) is 31.2 Å². The summed E-state index contributed by atoms with van der Waals surface area (Å²) in [4.78, 5) is 17.0. The molecule has 1 aromatic carbocycles. The number of amides is 1. The van der Waals surface area contributed by atoms with Crippen LogP contribution in [0.5, 0.6) is 5.75 Å². The smallest absolute Gasteiger partial charge is 0.256 e. The summed E-state index contributed by atoms with van der Waals surface area (Å²) in [7, 11) is 1.64. The lowest BCUT2D eigenvalue weighted by Crippen LogP contribution is -2.58. The second-order valence-electron chi connectivity index (χ2n) is 7.44. The molecular weight excluding hydrogens is 330 g/mol. The van der Waals surface area contributed by atoms with E-state index in [0.29, 0.717) is 26.1 Å². The van der Waals surface area contributed by atoms with Gasteiger partial charge >= 0.3 is 0 Å². The molecule has 0 aliphatic carbocycles. The second-order valence-corrected chi connectivity index (χ2v) is 7.44. The number of carbonyl (C=O) groups excluding carboxylic acids is 1. The van der Waals surface area contributed by atoms with Crippen LogP contribution in [-0.2, 0) is 11.3 Å². The van der Waals surface area contributed by atoms with Gasteiger partial charge in [-0.15, -0.1) is 0 Å². The molecule has 2 saturated heterocycles. The van der Waals surface area contributed by atoms with Gasteiger partial charge < -0.3 is 25.0 Å². The lowest BCUT2D eigenvalue weighted by molar-refractivity contribution is -0.157. The predicted octanol–water partition coefficient (Wildman–Crippen LogP) is 1.23. The molecule has 3 rings (SSSR count). The molecule has 6 nitrogen and oxygen atoms in total. The summed E-state index contributed by atoms with van der Waals surface area (Å²) < 4.78 is 5.25. The van der Waals surface area contributed by atoms with E-state index in [1.807, 2.05) is 24.3 Å². The van der Waals surface area contributed by atoms with Gasteiger partial charge in [-0.2, -0.15) is 0 Å². The summed E-state index contributed by atoms with van der Waals surface area (Å²) in [5.74, 6) is 0.617. The minimum absolute atomic E-state index is 0.166. The lowest BCUT2D eigenvalue weighted by Gasteiger charge is -2.38. The van der Waals surface area contributed by atoms with Gasteiger partial charge in [-0.1, -0.05) is 12.1 Å². The molecule has 6 heteroatoms. The summed E-state index contributed by atoms with van der Waals surface area (Å²) in [5, 5.41) is 14.2. The highest BCUT2D eigenvalue weighted by Crippen LogP contribution is 2.24. The monoisotopic (exact) mass is 361 g/mol. The van der Waals surface area contributed by atoms with E-state index < -0.39 is 5.60 Å². The van der Waals surface area contributed by atoms with E-state index in [9.17, 15) is 9.90 Å². The third-order valence-corrected chi connectivity index (χ3v) is 5.43.